The first kappa shape index (κ1) is 11.4. The molecule has 0 radical (unpaired) electrons. The number of anilines is 1. The van der Waals surface area contributed by atoms with Crippen molar-refractivity contribution in [2.75, 3.05) is 19.0 Å². The summed E-state index contributed by atoms with van der Waals surface area (Å²) in [5, 5.41) is 19.1. The normalized spacial score (nSPS) is 19.4. The van der Waals surface area contributed by atoms with E-state index in [0.717, 1.165) is 36.2 Å². The lowest BCUT2D eigenvalue weighted by atomic mass is 9.92. The second-order valence-corrected chi connectivity index (χ2v) is 4.46. The molecular weight excluding hydrogens is 204 g/mol. The number of fused-ring (bicyclic) bond motifs is 1. The SMILES string of the molecule is CN(C)c1cc(CO)nc2c1CCCC2O. The van der Waals surface area contributed by atoms with Crippen molar-refractivity contribution >= 4 is 5.69 Å². The lowest BCUT2D eigenvalue weighted by Gasteiger charge is -2.26. The Morgan fingerprint density at radius 2 is 2.25 bits per heavy atom. The molecule has 16 heavy (non-hydrogen) atoms. The molecule has 1 aliphatic rings. The van der Waals surface area contributed by atoms with Crippen LogP contribution in [0.5, 0.6) is 0 Å². The Bertz CT molecular complexity index is 374. The van der Waals surface area contributed by atoms with Crippen molar-refractivity contribution < 1.29 is 10.2 Å². The first-order valence-corrected chi connectivity index (χ1v) is 5.62. The fourth-order valence-corrected chi connectivity index (χ4v) is 2.25. The number of aliphatic hydroxyl groups excluding tert-OH is 2. The molecule has 0 fully saturated rings. The van der Waals surface area contributed by atoms with Gasteiger partial charge in [0.25, 0.3) is 0 Å². The van der Waals surface area contributed by atoms with Crippen LogP contribution >= 0.6 is 0 Å². The Balaban J connectivity index is 2.56. The maximum Gasteiger partial charge on any atom is 0.0963 e. The molecule has 1 aromatic heterocycles. The molecule has 0 aromatic carbocycles. The van der Waals surface area contributed by atoms with Crippen molar-refractivity contribution in [2.24, 2.45) is 0 Å². The van der Waals surface area contributed by atoms with Gasteiger partial charge in [-0.1, -0.05) is 0 Å². The van der Waals surface area contributed by atoms with Crippen LogP contribution in [0.1, 0.15) is 35.9 Å². The lowest BCUT2D eigenvalue weighted by molar-refractivity contribution is 0.150. The highest BCUT2D eigenvalue weighted by Gasteiger charge is 2.23. The highest BCUT2D eigenvalue weighted by atomic mass is 16.3. The third-order valence-electron chi connectivity index (χ3n) is 3.05. The summed E-state index contributed by atoms with van der Waals surface area (Å²) in [6, 6.07) is 1.90. The van der Waals surface area contributed by atoms with Gasteiger partial charge in [-0.3, -0.25) is 4.98 Å². The van der Waals surface area contributed by atoms with Crippen LogP contribution in [0.4, 0.5) is 5.69 Å². The van der Waals surface area contributed by atoms with Gasteiger partial charge in [0, 0.05) is 19.8 Å². The van der Waals surface area contributed by atoms with E-state index in [0.29, 0.717) is 5.69 Å². The molecule has 1 heterocycles. The maximum absolute atomic E-state index is 9.92. The second kappa shape index (κ2) is 4.39. The van der Waals surface area contributed by atoms with Gasteiger partial charge in [0.2, 0.25) is 0 Å². The summed E-state index contributed by atoms with van der Waals surface area (Å²) in [7, 11) is 3.94. The molecule has 1 unspecified atom stereocenters. The molecular formula is C12H18N2O2. The van der Waals surface area contributed by atoms with Gasteiger partial charge in [-0.2, -0.15) is 0 Å². The summed E-state index contributed by atoms with van der Waals surface area (Å²) in [4.78, 5) is 6.34. The quantitative estimate of drug-likeness (QED) is 0.784. The van der Waals surface area contributed by atoms with E-state index >= 15 is 0 Å². The minimum Gasteiger partial charge on any atom is -0.390 e. The zero-order valence-electron chi connectivity index (χ0n) is 9.77. The number of nitrogens with zero attached hydrogens (tertiary/aromatic N) is 2. The summed E-state index contributed by atoms with van der Waals surface area (Å²) < 4.78 is 0. The van der Waals surface area contributed by atoms with Gasteiger partial charge < -0.3 is 15.1 Å². The molecule has 2 N–H and O–H groups in total. The number of aromatic nitrogens is 1. The molecule has 2 rings (SSSR count). The van der Waals surface area contributed by atoms with E-state index in [1.54, 1.807) is 0 Å². The summed E-state index contributed by atoms with van der Waals surface area (Å²) in [6.45, 7) is -0.0825. The molecule has 1 aliphatic carbocycles. The van der Waals surface area contributed by atoms with E-state index in [1.165, 1.54) is 0 Å². The molecule has 0 saturated heterocycles. The van der Waals surface area contributed by atoms with Crippen molar-refractivity contribution in [3.63, 3.8) is 0 Å². The Morgan fingerprint density at radius 3 is 2.88 bits per heavy atom. The number of hydrogen-bond donors (Lipinski definition) is 2. The molecule has 4 heteroatoms. The van der Waals surface area contributed by atoms with E-state index in [9.17, 15) is 5.11 Å². The van der Waals surface area contributed by atoms with Crippen LogP contribution in [0.15, 0.2) is 6.07 Å². The zero-order chi connectivity index (χ0) is 11.7. The average Bonchev–Trinajstić information content (AvgIpc) is 2.28. The van der Waals surface area contributed by atoms with E-state index in [4.69, 9.17) is 5.11 Å². The van der Waals surface area contributed by atoms with Crippen LogP contribution in [0.25, 0.3) is 0 Å². The lowest BCUT2D eigenvalue weighted by Crippen LogP contribution is -2.19. The molecule has 1 atom stereocenters. The van der Waals surface area contributed by atoms with Crippen LogP contribution in [-0.4, -0.2) is 29.3 Å². The molecule has 0 spiro atoms. The Morgan fingerprint density at radius 1 is 1.50 bits per heavy atom. The molecule has 0 amide bonds. The summed E-state index contributed by atoms with van der Waals surface area (Å²) in [6.07, 6.45) is 2.24. The maximum atomic E-state index is 9.92. The molecule has 0 aliphatic heterocycles. The first-order valence-electron chi connectivity index (χ1n) is 5.62. The average molecular weight is 222 g/mol. The molecule has 88 valence electrons. The van der Waals surface area contributed by atoms with Crippen molar-refractivity contribution in [2.45, 2.75) is 32.0 Å². The third-order valence-corrected chi connectivity index (χ3v) is 3.05. The monoisotopic (exact) mass is 222 g/mol. The molecule has 1 aromatic rings. The minimum atomic E-state index is -0.478. The van der Waals surface area contributed by atoms with Crippen LogP contribution in [0, 0.1) is 0 Å². The number of hydrogen-bond acceptors (Lipinski definition) is 4. The highest BCUT2D eigenvalue weighted by molar-refractivity contribution is 5.56. The van der Waals surface area contributed by atoms with Gasteiger partial charge in [0.05, 0.1) is 24.1 Å². The summed E-state index contributed by atoms with van der Waals surface area (Å²) in [5.41, 5.74) is 3.57. The van der Waals surface area contributed by atoms with Crippen molar-refractivity contribution in [1.82, 2.24) is 4.98 Å². The predicted molar refractivity (Wildman–Crippen MR) is 62.4 cm³/mol. The minimum absolute atomic E-state index is 0.0825. The van der Waals surface area contributed by atoms with Crippen LogP contribution in [0.3, 0.4) is 0 Å². The topological polar surface area (TPSA) is 56.6 Å². The largest absolute Gasteiger partial charge is 0.390 e. The summed E-state index contributed by atoms with van der Waals surface area (Å²) in [5.74, 6) is 0. The predicted octanol–water partition coefficient (Wildman–Crippen LogP) is 1.01. The third kappa shape index (κ3) is 1.90. The van der Waals surface area contributed by atoms with Crippen molar-refractivity contribution in [3.05, 3.63) is 23.0 Å². The van der Waals surface area contributed by atoms with Crippen LogP contribution in [0.2, 0.25) is 0 Å². The zero-order valence-corrected chi connectivity index (χ0v) is 9.77. The Labute approximate surface area is 95.5 Å². The first-order chi connectivity index (χ1) is 7.63. The number of pyridine rings is 1. The van der Waals surface area contributed by atoms with Gasteiger partial charge >= 0.3 is 0 Å². The highest BCUT2D eigenvalue weighted by Crippen LogP contribution is 2.34. The van der Waals surface area contributed by atoms with Crippen molar-refractivity contribution in [3.8, 4) is 0 Å². The molecule has 0 bridgehead atoms. The number of rotatable bonds is 2. The van der Waals surface area contributed by atoms with Gasteiger partial charge in [0.15, 0.2) is 0 Å². The summed E-state index contributed by atoms with van der Waals surface area (Å²) >= 11 is 0. The van der Waals surface area contributed by atoms with Gasteiger partial charge in [0.1, 0.15) is 0 Å². The van der Waals surface area contributed by atoms with Gasteiger partial charge in [-0.25, -0.2) is 0 Å². The standard InChI is InChI=1S/C12H18N2O2/c1-14(2)10-6-8(7-15)13-12-9(10)4-3-5-11(12)16/h6,11,15-16H,3-5,7H2,1-2H3. The Kier molecular flexibility index (Phi) is 3.12. The van der Waals surface area contributed by atoms with Gasteiger partial charge in [-0.15, -0.1) is 0 Å². The van der Waals surface area contributed by atoms with Crippen molar-refractivity contribution in [1.29, 1.82) is 0 Å². The van der Waals surface area contributed by atoms with Crippen LogP contribution in [-0.2, 0) is 13.0 Å². The molecule has 4 nitrogen and oxygen atoms in total. The van der Waals surface area contributed by atoms with E-state index in [-0.39, 0.29) is 6.61 Å². The second-order valence-electron chi connectivity index (χ2n) is 4.46. The smallest absolute Gasteiger partial charge is 0.0963 e. The van der Waals surface area contributed by atoms with E-state index in [1.807, 2.05) is 25.1 Å². The molecule has 0 saturated carbocycles. The van der Waals surface area contributed by atoms with Gasteiger partial charge in [-0.05, 0) is 30.9 Å². The van der Waals surface area contributed by atoms with E-state index < -0.39 is 6.10 Å². The van der Waals surface area contributed by atoms with E-state index in [2.05, 4.69) is 4.98 Å². The number of aliphatic hydroxyl groups is 2. The fraction of sp³-hybridized carbons (Fsp3) is 0.583. The fourth-order valence-electron chi connectivity index (χ4n) is 2.25. The Hall–Kier alpha value is -1.13. The van der Waals surface area contributed by atoms with Crippen LogP contribution < -0.4 is 4.90 Å².